The molecule has 0 unspecified atom stereocenters. The van der Waals surface area contributed by atoms with Gasteiger partial charge in [-0.15, -0.1) is 0 Å². The summed E-state index contributed by atoms with van der Waals surface area (Å²) in [5, 5.41) is 5.07. The minimum absolute atomic E-state index is 0.0140. The van der Waals surface area contributed by atoms with Gasteiger partial charge >= 0.3 is 12.1 Å². The molecule has 0 atom stereocenters. The van der Waals surface area contributed by atoms with Crippen molar-refractivity contribution in [3.63, 3.8) is 0 Å². The number of ether oxygens (including phenoxy) is 2. The Hall–Kier alpha value is -3.11. The first-order chi connectivity index (χ1) is 13.1. The van der Waals surface area contributed by atoms with Crippen LogP contribution in [0.3, 0.4) is 0 Å². The third-order valence-electron chi connectivity index (χ3n) is 3.31. The summed E-state index contributed by atoms with van der Waals surface area (Å²) in [6.07, 6.45) is 1.50. The van der Waals surface area contributed by atoms with E-state index < -0.39 is 17.7 Å². The van der Waals surface area contributed by atoms with Crippen molar-refractivity contribution in [2.45, 2.75) is 39.2 Å². The van der Waals surface area contributed by atoms with Crippen LogP contribution < -0.4 is 15.5 Å². The Balaban J connectivity index is 2.55. The van der Waals surface area contributed by atoms with Crippen LogP contribution in [0.2, 0.25) is 0 Å². The zero-order valence-corrected chi connectivity index (χ0v) is 16.8. The summed E-state index contributed by atoms with van der Waals surface area (Å²) < 4.78 is 11.2. The maximum absolute atomic E-state index is 12.0. The topological polar surface area (TPSA) is 132 Å². The number of hydrogen-bond donors (Lipinski definition) is 2. The molecule has 0 spiro atoms. The van der Waals surface area contributed by atoms with Crippen molar-refractivity contribution in [1.82, 2.24) is 14.9 Å². The number of methoxy groups -OCH3 is 1. The number of carbonyl (C=O) groups excluding carboxylic acids is 4. The molecule has 0 fully saturated rings. The van der Waals surface area contributed by atoms with Gasteiger partial charge in [-0.25, -0.2) is 4.79 Å². The summed E-state index contributed by atoms with van der Waals surface area (Å²) in [6, 6.07) is 0. The molecule has 156 valence electrons. The van der Waals surface area contributed by atoms with E-state index >= 15 is 0 Å². The molecule has 0 saturated heterocycles. The Morgan fingerprint density at radius 3 is 2.54 bits per heavy atom. The van der Waals surface area contributed by atoms with Gasteiger partial charge in [0, 0.05) is 32.8 Å². The van der Waals surface area contributed by atoms with Crippen LogP contribution in [0.15, 0.2) is 6.20 Å². The second kappa shape index (κ2) is 10.3. The fraction of sp³-hybridized carbons (Fsp3) is 0.588. The molecule has 0 aliphatic carbocycles. The SMILES string of the molecule is COC(=O)CCN(C=O)c1nc(NC(=O)CCNC(=O)OC(C)(C)C)cn1C. The largest absolute Gasteiger partial charge is 0.469 e. The fourth-order valence-electron chi connectivity index (χ4n) is 2.09. The third kappa shape index (κ3) is 8.06. The summed E-state index contributed by atoms with van der Waals surface area (Å²) in [6.45, 7) is 5.41. The molecule has 28 heavy (non-hydrogen) atoms. The number of imidazole rings is 1. The van der Waals surface area contributed by atoms with Gasteiger partial charge in [-0.2, -0.15) is 4.98 Å². The molecule has 11 heteroatoms. The normalized spacial score (nSPS) is 10.8. The highest BCUT2D eigenvalue weighted by Gasteiger charge is 2.17. The van der Waals surface area contributed by atoms with Crippen LogP contribution in [0.5, 0.6) is 0 Å². The minimum Gasteiger partial charge on any atom is -0.469 e. The van der Waals surface area contributed by atoms with E-state index in [4.69, 9.17) is 4.74 Å². The second-order valence-electron chi connectivity index (χ2n) is 6.89. The lowest BCUT2D eigenvalue weighted by molar-refractivity contribution is -0.140. The van der Waals surface area contributed by atoms with Crippen molar-refractivity contribution >= 4 is 36.1 Å². The van der Waals surface area contributed by atoms with Gasteiger partial charge in [-0.1, -0.05) is 0 Å². The molecule has 0 saturated carbocycles. The number of nitrogens with zero attached hydrogens (tertiary/aromatic N) is 3. The highest BCUT2D eigenvalue weighted by molar-refractivity contribution is 5.90. The summed E-state index contributed by atoms with van der Waals surface area (Å²) in [5.41, 5.74) is -0.616. The number of hydrogen-bond acceptors (Lipinski definition) is 7. The molecule has 0 bridgehead atoms. The van der Waals surface area contributed by atoms with Crippen LogP contribution in [0.25, 0.3) is 0 Å². The number of alkyl carbamates (subject to hydrolysis) is 1. The Morgan fingerprint density at radius 2 is 1.96 bits per heavy atom. The molecule has 0 aliphatic rings. The third-order valence-corrected chi connectivity index (χ3v) is 3.31. The predicted molar refractivity (Wildman–Crippen MR) is 101 cm³/mol. The van der Waals surface area contributed by atoms with Gasteiger partial charge < -0.3 is 24.7 Å². The Kier molecular flexibility index (Phi) is 8.42. The van der Waals surface area contributed by atoms with Gasteiger partial charge in [0.2, 0.25) is 18.3 Å². The number of rotatable bonds is 9. The van der Waals surface area contributed by atoms with E-state index in [2.05, 4.69) is 20.4 Å². The monoisotopic (exact) mass is 397 g/mol. The molecule has 1 rings (SSSR count). The number of amides is 3. The van der Waals surface area contributed by atoms with E-state index in [1.54, 1.807) is 32.4 Å². The number of aromatic nitrogens is 2. The van der Waals surface area contributed by atoms with E-state index in [1.165, 1.54) is 18.2 Å². The molecule has 0 aliphatic heterocycles. The first-order valence-corrected chi connectivity index (χ1v) is 8.64. The van der Waals surface area contributed by atoms with Crippen molar-refractivity contribution in [2.75, 3.05) is 30.4 Å². The fourth-order valence-corrected chi connectivity index (χ4v) is 2.09. The number of nitrogens with one attached hydrogen (secondary N) is 2. The molecule has 3 amide bonds. The summed E-state index contributed by atoms with van der Waals surface area (Å²) >= 11 is 0. The van der Waals surface area contributed by atoms with Gasteiger partial charge in [0.1, 0.15) is 5.60 Å². The molecule has 2 N–H and O–H groups in total. The summed E-state index contributed by atoms with van der Waals surface area (Å²) in [5.74, 6) is -0.314. The number of aryl methyl sites for hydroxylation is 1. The highest BCUT2D eigenvalue weighted by Crippen LogP contribution is 2.16. The number of esters is 1. The molecule has 1 aromatic heterocycles. The molecule has 0 aromatic carbocycles. The lowest BCUT2D eigenvalue weighted by Gasteiger charge is -2.19. The maximum atomic E-state index is 12.0. The van der Waals surface area contributed by atoms with Crippen LogP contribution in [-0.2, 0) is 30.9 Å². The van der Waals surface area contributed by atoms with E-state index in [0.29, 0.717) is 6.41 Å². The smallest absolute Gasteiger partial charge is 0.407 e. The Labute approximate surface area is 163 Å². The summed E-state index contributed by atoms with van der Waals surface area (Å²) in [4.78, 5) is 51.5. The Morgan fingerprint density at radius 1 is 1.29 bits per heavy atom. The second-order valence-corrected chi connectivity index (χ2v) is 6.89. The van der Waals surface area contributed by atoms with E-state index in [1.807, 2.05) is 0 Å². The van der Waals surface area contributed by atoms with Crippen molar-refractivity contribution < 1.29 is 28.7 Å². The Bertz CT molecular complexity index is 709. The van der Waals surface area contributed by atoms with E-state index in [9.17, 15) is 19.2 Å². The van der Waals surface area contributed by atoms with Gasteiger partial charge in [-0.05, 0) is 20.8 Å². The van der Waals surface area contributed by atoms with Gasteiger partial charge in [0.15, 0.2) is 5.82 Å². The zero-order chi connectivity index (χ0) is 21.3. The van der Waals surface area contributed by atoms with E-state index in [0.717, 1.165) is 0 Å². The standard InChI is InChI=1S/C17H27N5O6/c1-17(2,3)28-16(26)18-8-6-13(24)19-12-10-21(4)15(20-12)22(11-23)9-7-14(25)27-5/h10-11H,6-9H2,1-5H3,(H,18,26)(H,19,24). The lowest BCUT2D eigenvalue weighted by Crippen LogP contribution is -2.34. The maximum Gasteiger partial charge on any atom is 0.407 e. The minimum atomic E-state index is -0.616. The molecular weight excluding hydrogens is 370 g/mol. The molecule has 0 radical (unpaired) electrons. The average molecular weight is 397 g/mol. The van der Waals surface area contributed by atoms with Gasteiger partial charge in [-0.3, -0.25) is 19.3 Å². The zero-order valence-electron chi connectivity index (χ0n) is 16.8. The van der Waals surface area contributed by atoms with Crippen molar-refractivity contribution in [2.24, 2.45) is 7.05 Å². The van der Waals surface area contributed by atoms with Crippen molar-refractivity contribution in [1.29, 1.82) is 0 Å². The average Bonchev–Trinajstić information content (AvgIpc) is 2.93. The van der Waals surface area contributed by atoms with Crippen LogP contribution in [-0.4, -0.2) is 59.7 Å². The first kappa shape index (κ1) is 22.9. The van der Waals surface area contributed by atoms with Crippen LogP contribution in [0, 0.1) is 0 Å². The molecular formula is C17H27N5O6. The molecule has 1 aromatic rings. The predicted octanol–water partition coefficient (Wildman–Crippen LogP) is 0.799. The quantitative estimate of drug-likeness (QED) is 0.465. The summed E-state index contributed by atoms with van der Waals surface area (Å²) in [7, 11) is 2.91. The first-order valence-electron chi connectivity index (χ1n) is 8.64. The number of carbonyl (C=O) groups is 4. The van der Waals surface area contributed by atoms with Gasteiger partial charge in [0.25, 0.3) is 0 Å². The van der Waals surface area contributed by atoms with Crippen LogP contribution >= 0.6 is 0 Å². The highest BCUT2D eigenvalue weighted by atomic mass is 16.6. The van der Waals surface area contributed by atoms with Crippen LogP contribution in [0.4, 0.5) is 16.6 Å². The van der Waals surface area contributed by atoms with Crippen molar-refractivity contribution in [3.8, 4) is 0 Å². The lowest BCUT2D eigenvalue weighted by atomic mass is 10.2. The number of anilines is 2. The van der Waals surface area contributed by atoms with Gasteiger partial charge in [0.05, 0.1) is 13.5 Å². The molecule has 11 nitrogen and oxygen atoms in total. The molecule has 1 heterocycles. The van der Waals surface area contributed by atoms with Crippen LogP contribution in [0.1, 0.15) is 33.6 Å². The van der Waals surface area contributed by atoms with Crippen molar-refractivity contribution in [3.05, 3.63) is 6.20 Å². The van der Waals surface area contributed by atoms with E-state index in [-0.39, 0.29) is 43.6 Å².